The summed E-state index contributed by atoms with van der Waals surface area (Å²) in [5, 5.41) is 3.29. The van der Waals surface area contributed by atoms with Crippen molar-refractivity contribution in [3.05, 3.63) is 23.8 Å². The van der Waals surface area contributed by atoms with Crippen molar-refractivity contribution in [2.75, 3.05) is 47.1 Å². The molecular weight excluding hydrogens is 526 g/mol. The molecule has 0 bridgehead atoms. The number of halogens is 4. The quantitative estimate of drug-likeness (QED) is 0.275. The number of rotatable bonds is 9. The number of nitrogens with one attached hydrogen (secondary N) is 1. The van der Waals surface area contributed by atoms with Gasteiger partial charge in [0.2, 0.25) is 0 Å². The third kappa shape index (κ3) is 10.2. The monoisotopic (exact) mass is 559 g/mol. The normalized spacial score (nSPS) is 15.2. The van der Waals surface area contributed by atoms with Crippen molar-refractivity contribution in [2.45, 2.75) is 38.9 Å². The lowest BCUT2D eigenvalue weighted by molar-refractivity contribution is -0.153. The lowest BCUT2D eigenvalue weighted by atomic mass is 9.96. The minimum atomic E-state index is -4.40. The van der Waals surface area contributed by atoms with E-state index < -0.39 is 12.8 Å². The van der Waals surface area contributed by atoms with Gasteiger partial charge in [-0.05, 0) is 49.8 Å². The fraction of sp³-hybridized carbons (Fsp3) is 0.667. The Bertz CT molecular complexity index is 684. The van der Waals surface area contributed by atoms with Crippen LogP contribution in [0.4, 0.5) is 13.2 Å². The number of nitrogens with zero attached hydrogens (tertiary/aromatic N) is 2. The molecule has 0 aliphatic carbocycles. The predicted molar refractivity (Wildman–Crippen MR) is 126 cm³/mol. The first kappa shape index (κ1) is 27.6. The molecule has 0 saturated carbocycles. The Balaban J connectivity index is 0.00000480. The number of alkyl halides is 3. The highest BCUT2D eigenvalue weighted by molar-refractivity contribution is 14.0. The molecule has 0 unspecified atom stereocenters. The number of benzene rings is 1. The summed E-state index contributed by atoms with van der Waals surface area (Å²) >= 11 is 0. The van der Waals surface area contributed by atoms with E-state index in [0.717, 1.165) is 57.1 Å². The van der Waals surface area contributed by atoms with E-state index in [4.69, 9.17) is 14.2 Å². The lowest BCUT2D eigenvalue weighted by Gasteiger charge is -2.27. The minimum Gasteiger partial charge on any atom is -0.493 e. The van der Waals surface area contributed by atoms with Crippen LogP contribution in [-0.2, 0) is 11.3 Å². The molecule has 2 rings (SSSR count). The Kier molecular flexibility index (Phi) is 12.3. The lowest BCUT2D eigenvalue weighted by Crippen LogP contribution is -2.40. The van der Waals surface area contributed by atoms with E-state index in [2.05, 4.69) is 15.2 Å². The van der Waals surface area contributed by atoms with Crippen LogP contribution in [0.5, 0.6) is 11.5 Å². The Morgan fingerprint density at radius 3 is 2.58 bits per heavy atom. The summed E-state index contributed by atoms with van der Waals surface area (Å²) in [6, 6.07) is 4.83. The van der Waals surface area contributed by atoms with Crippen molar-refractivity contribution in [1.82, 2.24) is 10.2 Å². The fourth-order valence-corrected chi connectivity index (χ4v) is 3.24. The third-order valence-corrected chi connectivity index (χ3v) is 4.94. The molecule has 1 saturated heterocycles. The van der Waals surface area contributed by atoms with Gasteiger partial charge in [0, 0.05) is 33.4 Å². The molecule has 1 aromatic carbocycles. The Labute approximate surface area is 199 Å². The third-order valence-electron chi connectivity index (χ3n) is 4.94. The predicted octanol–water partition coefficient (Wildman–Crippen LogP) is 4.47. The Hall–Kier alpha value is -1.43. The summed E-state index contributed by atoms with van der Waals surface area (Å²) in [7, 11) is 3.41. The van der Waals surface area contributed by atoms with E-state index >= 15 is 0 Å². The summed E-state index contributed by atoms with van der Waals surface area (Å²) in [6.45, 7) is 4.35. The van der Waals surface area contributed by atoms with Crippen molar-refractivity contribution in [1.29, 1.82) is 0 Å². The maximum Gasteiger partial charge on any atom is 0.422 e. The van der Waals surface area contributed by atoms with Gasteiger partial charge < -0.3 is 24.4 Å². The second kappa shape index (κ2) is 13.9. The summed E-state index contributed by atoms with van der Waals surface area (Å²) in [5.74, 6) is 1.78. The van der Waals surface area contributed by atoms with E-state index in [1.54, 1.807) is 12.1 Å². The van der Waals surface area contributed by atoms with Gasteiger partial charge in [0.1, 0.15) is 0 Å². The first-order chi connectivity index (χ1) is 14.3. The summed E-state index contributed by atoms with van der Waals surface area (Å²) in [6.07, 6.45) is -1.11. The smallest absolute Gasteiger partial charge is 0.422 e. The van der Waals surface area contributed by atoms with E-state index in [1.807, 2.05) is 14.0 Å². The van der Waals surface area contributed by atoms with Gasteiger partial charge >= 0.3 is 6.18 Å². The van der Waals surface area contributed by atoms with Crippen LogP contribution < -0.4 is 14.8 Å². The molecule has 6 nitrogen and oxygen atoms in total. The second-order valence-electron chi connectivity index (χ2n) is 7.33. The molecule has 178 valence electrons. The molecule has 31 heavy (non-hydrogen) atoms. The zero-order chi connectivity index (χ0) is 22.0. The molecule has 1 aliphatic heterocycles. The number of hydrogen-bond acceptors (Lipinski definition) is 4. The highest BCUT2D eigenvalue weighted by Gasteiger charge is 2.29. The van der Waals surface area contributed by atoms with Crippen LogP contribution in [0.3, 0.4) is 0 Å². The highest BCUT2D eigenvalue weighted by atomic mass is 127. The zero-order valence-electron chi connectivity index (χ0n) is 18.3. The molecule has 1 heterocycles. The Morgan fingerprint density at radius 2 is 1.97 bits per heavy atom. The van der Waals surface area contributed by atoms with Gasteiger partial charge in [0.05, 0.1) is 13.7 Å². The van der Waals surface area contributed by atoms with Crippen molar-refractivity contribution < 1.29 is 27.4 Å². The van der Waals surface area contributed by atoms with Crippen LogP contribution in [0.15, 0.2) is 23.2 Å². The molecule has 10 heteroatoms. The van der Waals surface area contributed by atoms with Gasteiger partial charge in [0.25, 0.3) is 0 Å². The van der Waals surface area contributed by atoms with Gasteiger partial charge in [-0.2, -0.15) is 13.2 Å². The van der Waals surface area contributed by atoms with Gasteiger partial charge in [-0.15, -0.1) is 24.0 Å². The Morgan fingerprint density at radius 1 is 1.26 bits per heavy atom. The average molecular weight is 559 g/mol. The first-order valence-electron chi connectivity index (χ1n) is 10.3. The largest absolute Gasteiger partial charge is 0.493 e. The van der Waals surface area contributed by atoms with Crippen LogP contribution >= 0.6 is 24.0 Å². The SMILES string of the molecule is CCNC(=NCc1ccc(OCC(F)(F)F)c(OC)c1)N(C)CCC1CCOCC1.I. The van der Waals surface area contributed by atoms with Crippen LogP contribution in [0.25, 0.3) is 0 Å². The minimum absolute atomic E-state index is 0. The average Bonchev–Trinajstić information content (AvgIpc) is 2.73. The number of aliphatic imine (C=N–C) groups is 1. The van der Waals surface area contributed by atoms with E-state index in [0.29, 0.717) is 12.5 Å². The topological polar surface area (TPSA) is 55.3 Å². The molecule has 1 aromatic rings. The van der Waals surface area contributed by atoms with Crippen LogP contribution in [0.1, 0.15) is 31.7 Å². The van der Waals surface area contributed by atoms with Crippen molar-refractivity contribution in [2.24, 2.45) is 10.9 Å². The zero-order valence-corrected chi connectivity index (χ0v) is 20.7. The summed E-state index contributed by atoms with van der Waals surface area (Å²) < 4.78 is 52.6. The van der Waals surface area contributed by atoms with E-state index in [9.17, 15) is 13.2 Å². The molecule has 0 radical (unpaired) electrons. The molecule has 0 amide bonds. The molecule has 1 fully saturated rings. The van der Waals surface area contributed by atoms with Gasteiger partial charge in [-0.1, -0.05) is 6.07 Å². The van der Waals surface area contributed by atoms with E-state index in [-0.39, 0.29) is 35.5 Å². The first-order valence-corrected chi connectivity index (χ1v) is 10.3. The number of hydrogen-bond donors (Lipinski definition) is 1. The van der Waals surface area contributed by atoms with Gasteiger partial charge in [0.15, 0.2) is 24.1 Å². The van der Waals surface area contributed by atoms with Crippen molar-refractivity contribution in [3.63, 3.8) is 0 Å². The van der Waals surface area contributed by atoms with Crippen molar-refractivity contribution in [3.8, 4) is 11.5 Å². The molecule has 1 aliphatic rings. The standard InChI is InChI=1S/C21H32F3N3O3.HI/c1-4-25-20(27(2)10-7-16-8-11-29-12-9-16)26-14-17-5-6-18(19(13-17)28-3)30-15-21(22,23)24;/h5-6,13,16H,4,7-12,14-15H2,1-3H3,(H,25,26);1H. The molecule has 0 aromatic heterocycles. The molecule has 0 spiro atoms. The van der Waals surface area contributed by atoms with Gasteiger partial charge in [-0.3, -0.25) is 0 Å². The van der Waals surface area contributed by atoms with Crippen molar-refractivity contribution >= 4 is 29.9 Å². The number of ether oxygens (including phenoxy) is 3. The number of guanidine groups is 1. The highest BCUT2D eigenvalue weighted by Crippen LogP contribution is 2.30. The van der Waals surface area contributed by atoms with Crippen LogP contribution in [0, 0.1) is 5.92 Å². The molecule has 0 atom stereocenters. The summed E-state index contributed by atoms with van der Waals surface area (Å²) in [5.41, 5.74) is 0.819. The van der Waals surface area contributed by atoms with E-state index in [1.165, 1.54) is 13.2 Å². The maximum atomic E-state index is 12.4. The fourth-order valence-electron chi connectivity index (χ4n) is 3.24. The maximum absolute atomic E-state index is 12.4. The van der Waals surface area contributed by atoms with Gasteiger partial charge in [-0.25, -0.2) is 4.99 Å². The molecular formula is C21H33F3IN3O3. The second-order valence-corrected chi connectivity index (χ2v) is 7.33. The molecule has 1 N–H and O–H groups in total. The summed E-state index contributed by atoms with van der Waals surface area (Å²) in [4.78, 5) is 6.78. The van der Waals surface area contributed by atoms with Crippen LogP contribution in [-0.4, -0.2) is 64.1 Å². The van der Waals surface area contributed by atoms with Crippen LogP contribution in [0.2, 0.25) is 0 Å². The number of methoxy groups -OCH3 is 1.